The molecular weight excluding hydrogens is 431 g/mol. The van der Waals surface area contributed by atoms with E-state index in [-0.39, 0.29) is 28.1 Å². The van der Waals surface area contributed by atoms with Gasteiger partial charge in [-0.1, -0.05) is 23.2 Å². The molecule has 1 aromatic heterocycles. The largest absolute Gasteiger partial charge is 0.491 e. The Kier molecular flexibility index (Phi) is 5.99. The third-order valence-electron chi connectivity index (χ3n) is 5.08. The van der Waals surface area contributed by atoms with E-state index in [4.69, 9.17) is 42.2 Å². The number of halogens is 2. The van der Waals surface area contributed by atoms with Crippen molar-refractivity contribution in [2.45, 2.75) is 18.9 Å². The van der Waals surface area contributed by atoms with Gasteiger partial charge in [-0.15, -0.1) is 0 Å². The van der Waals surface area contributed by atoms with E-state index < -0.39 is 5.97 Å². The van der Waals surface area contributed by atoms with Crippen LogP contribution in [0, 0.1) is 5.92 Å². The van der Waals surface area contributed by atoms with Crippen LogP contribution in [0.15, 0.2) is 51.7 Å². The first-order chi connectivity index (χ1) is 14.4. The lowest BCUT2D eigenvalue weighted by molar-refractivity contribution is -0.151. The molecule has 2 aromatic carbocycles. The molecule has 1 fully saturated rings. The van der Waals surface area contributed by atoms with E-state index in [0.29, 0.717) is 53.5 Å². The summed E-state index contributed by atoms with van der Waals surface area (Å²) in [6.07, 6.45) is 1.10. The maximum Gasteiger partial charge on any atom is 0.306 e. The molecule has 0 unspecified atom stereocenters. The Morgan fingerprint density at radius 3 is 2.53 bits per heavy atom. The molecule has 0 bridgehead atoms. The number of carboxylic acids is 1. The van der Waals surface area contributed by atoms with Crippen LogP contribution >= 0.6 is 23.2 Å². The van der Waals surface area contributed by atoms with Crippen molar-refractivity contribution >= 4 is 40.1 Å². The molecule has 0 amide bonds. The second-order valence-corrected chi connectivity index (χ2v) is 7.87. The highest BCUT2D eigenvalue weighted by atomic mass is 35.5. The highest BCUT2D eigenvalue weighted by Crippen LogP contribution is 2.32. The molecule has 0 atom stereocenters. The summed E-state index contributed by atoms with van der Waals surface area (Å²) in [6, 6.07) is 11.7. The van der Waals surface area contributed by atoms with Gasteiger partial charge in [-0.25, -0.2) is 0 Å². The minimum atomic E-state index is -0.765. The van der Waals surface area contributed by atoms with Gasteiger partial charge in [0.25, 0.3) is 0 Å². The zero-order valence-corrected chi connectivity index (χ0v) is 17.3. The van der Waals surface area contributed by atoms with E-state index in [0.717, 1.165) is 0 Å². The molecule has 156 valence electrons. The van der Waals surface area contributed by atoms with Crippen molar-refractivity contribution < 1.29 is 23.8 Å². The monoisotopic (exact) mass is 448 g/mol. The predicted octanol–water partition coefficient (Wildman–Crippen LogP) is 5.03. The topological polar surface area (TPSA) is 86.0 Å². The minimum absolute atomic E-state index is 0.00629. The molecule has 1 aliphatic carbocycles. The molecule has 3 aromatic rings. The van der Waals surface area contributed by atoms with Crippen LogP contribution in [0.4, 0.5) is 0 Å². The van der Waals surface area contributed by atoms with Crippen LogP contribution in [-0.2, 0) is 9.53 Å². The summed E-state index contributed by atoms with van der Waals surface area (Å²) < 4.78 is 17.1. The van der Waals surface area contributed by atoms with Gasteiger partial charge in [0.2, 0.25) is 0 Å². The first kappa shape index (κ1) is 20.7. The average Bonchev–Trinajstić information content (AvgIpc) is 2.69. The number of rotatable bonds is 7. The minimum Gasteiger partial charge on any atom is -0.491 e. The highest BCUT2D eigenvalue weighted by Gasteiger charge is 2.34. The third-order valence-corrected chi connectivity index (χ3v) is 5.87. The van der Waals surface area contributed by atoms with Gasteiger partial charge in [0, 0.05) is 11.6 Å². The van der Waals surface area contributed by atoms with Crippen molar-refractivity contribution in [1.29, 1.82) is 0 Å². The van der Waals surface area contributed by atoms with Crippen LogP contribution in [-0.4, -0.2) is 30.4 Å². The van der Waals surface area contributed by atoms with Crippen LogP contribution in [0.3, 0.4) is 0 Å². The number of carboxylic acid groups (broad SMARTS) is 1. The molecule has 0 radical (unpaired) electrons. The molecule has 1 heterocycles. The fourth-order valence-corrected chi connectivity index (χ4v) is 3.65. The van der Waals surface area contributed by atoms with Gasteiger partial charge in [0.15, 0.2) is 11.0 Å². The number of carbonyl (C=O) groups is 1. The van der Waals surface area contributed by atoms with Gasteiger partial charge in [0.05, 0.1) is 29.0 Å². The molecular formula is C22H18Cl2O6. The summed E-state index contributed by atoms with van der Waals surface area (Å²) >= 11 is 12.2. The second kappa shape index (κ2) is 8.68. The highest BCUT2D eigenvalue weighted by molar-refractivity contribution is 6.44. The quantitative estimate of drug-likeness (QED) is 0.510. The Balaban J connectivity index is 1.37. The van der Waals surface area contributed by atoms with Gasteiger partial charge >= 0.3 is 5.97 Å². The molecule has 0 saturated heterocycles. The lowest BCUT2D eigenvalue weighted by Crippen LogP contribution is -2.36. The maximum absolute atomic E-state index is 12.4. The number of hydrogen-bond donors (Lipinski definition) is 1. The van der Waals surface area contributed by atoms with E-state index in [2.05, 4.69) is 0 Å². The van der Waals surface area contributed by atoms with Gasteiger partial charge < -0.3 is 19.0 Å². The van der Waals surface area contributed by atoms with Crippen LogP contribution in [0.1, 0.15) is 12.8 Å². The molecule has 30 heavy (non-hydrogen) atoms. The molecule has 8 heteroatoms. The lowest BCUT2D eigenvalue weighted by atomic mass is 9.82. The second-order valence-electron chi connectivity index (χ2n) is 7.09. The standard InChI is InChI=1S/C22H18Cl2O6/c23-17-6-5-16-18(25)11-19(30-21(16)20(17)24)12-1-3-14(4-2-12)28-7-8-29-15-9-13(10-15)22(26)27/h1-6,11,13,15H,7-10H2,(H,26,27). The zero-order valence-electron chi connectivity index (χ0n) is 15.8. The predicted molar refractivity (Wildman–Crippen MR) is 114 cm³/mol. The molecule has 0 aliphatic heterocycles. The van der Waals surface area contributed by atoms with E-state index in [1.165, 1.54) is 6.07 Å². The van der Waals surface area contributed by atoms with Crippen molar-refractivity contribution in [2.75, 3.05) is 13.2 Å². The van der Waals surface area contributed by atoms with Crippen molar-refractivity contribution in [3.05, 3.63) is 62.7 Å². The summed E-state index contributed by atoms with van der Waals surface area (Å²) in [5.41, 5.74) is 0.747. The van der Waals surface area contributed by atoms with Gasteiger partial charge in [-0.3, -0.25) is 9.59 Å². The normalized spacial score (nSPS) is 18.2. The number of hydrogen-bond acceptors (Lipinski definition) is 5. The Labute approximate surface area is 181 Å². The first-order valence-corrected chi connectivity index (χ1v) is 10.2. The van der Waals surface area contributed by atoms with Crippen molar-refractivity contribution in [2.24, 2.45) is 5.92 Å². The SMILES string of the molecule is O=C(O)C1CC(OCCOc2ccc(-c3cc(=O)c4ccc(Cl)c(Cl)c4o3)cc2)C1. The Morgan fingerprint density at radius 1 is 1.10 bits per heavy atom. The van der Waals surface area contributed by atoms with Crippen LogP contribution in [0.25, 0.3) is 22.3 Å². The summed E-state index contributed by atoms with van der Waals surface area (Å²) in [6.45, 7) is 0.740. The summed E-state index contributed by atoms with van der Waals surface area (Å²) in [7, 11) is 0. The van der Waals surface area contributed by atoms with Crippen molar-refractivity contribution in [3.63, 3.8) is 0 Å². The van der Waals surface area contributed by atoms with E-state index in [1.54, 1.807) is 36.4 Å². The van der Waals surface area contributed by atoms with Gasteiger partial charge in [-0.2, -0.15) is 0 Å². The van der Waals surface area contributed by atoms with E-state index >= 15 is 0 Å². The third kappa shape index (κ3) is 4.31. The van der Waals surface area contributed by atoms with E-state index in [1.807, 2.05) is 0 Å². The average molecular weight is 449 g/mol. The molecule has 1 saturated carbocycles. The fraction of sp³-hybridized carbons (Fsp3) is 0.273. The molecule has 0 spiro atoms. The Morgan fingerprint density at radius 2 is 1.83 bits per heavy atom. The fourth-order valence-electron chi connectivity index (χ4n) is 3.30. The maximum atomic E-state index is 12.4. The smallest absolute Gasteiger partial charge is 0.306 e. The van der Waals surface area contributed by atoms with Crippen molar-refractivity contribution in [3.8, 4) is 17.1 Å². The first-order valence-electron chi connectivity index (χ1n) is 9.42. The number of aliphatic carboxylic acids is 1. The summed E-state index contributed by atoms with van der Waals surface area (Å²) in [4.78, 5) is 23.2. The molecule has 6 nitrogen and oxygen atoms in total. The number of ether oxygens (including phenoxy) is 2. The lowest BCUT2D eigenvalue weighted by Gasteiger charge is -2.31. The summed E-state index contributed by atoms with van der Waals surface area (Å²) in [5, 5.41) is 9.74. The Bertz CT molecular complexity index is 1130. The Hall–Kier alpha value is -2.54. The zero-order chi connectivity index (χ0) is 21.3. The van der Waals surface area contributed by atoms with E-state index in [9.17, 15) is 9.59 Å². The van der Waals surface area contributed by atoms with Crippen molar-refractivity contribution in [1.82, 2.24) is 0 Å². The van der Waals surface area contributed by atoms with Crippen LogP contribution < -0.4 is 10.2 Å². The number of benzene rings is 2. The van der Waals surface area contributed by atoms with Crippen LogP contribution in [0.2, 0.25) is 10.0 Å². The number of fused-ring (bicyclic) bond motifs is 1. The van der Waals surface area contributed by atoms with Gasteiger partial charge in [0.1, 0.15) is 23.1 Å². The summed E-state index contributed by atoms with van der Waals surface area (Å²) in [5.74, 6) is -0.0311. The van der Waals surface area contributed by atoms with Crippen LogP contribution in [0.5, 0.6) is 5.75 Å². The van der Waals surface area contributed by atoms with Gasteiger partial charge in [-0.05, 0) is 49.2 Å². The molecule has 1 aliphatic rings. The molecule has 1 N–H and O–H groups in total. The molecule has 4 rings (SSSR count).